The maximum atomic E-state index is 12.6. The number of benzene rings is 1. The topological polar surface area (TPSA) is 52.6 Å². The van der Waals surface area contributed by atoms with Crippen molar-refractivity contribution in [1.82, 2.24) is 0 Å². The average Bonchev–Trinajstić information content (AvgIpc) is 3.55. The summed E-state index contributed by atoms with van der Waals surface area (Å²) in [5.74, 6) is 2.63. The number of rotatable bonds is 4. The van der Waals surface area contributed by atoms with Crippen LogP contribution in [0.4, 0.5) is 0 Å². The predicted octanol–water partition coefficient (Wildman–Crippen LogP) is 4.37. The van der Waals surface area contributed by atoms with Crippen molar-refractivity contribution < 1.29 is 19.1 Å². The highest BCUT2D eigenvalue weighted by atomic mass is 16.6. The second-order valence-electron chi connectivity index (χ2n) is 8.56. The van der Waals surface area contributed by atoms with Gasteiger partial charge in [-0.25, -0.2) is 0 Å². The summed E-state index contributed by atoms with van der Waals surface area (Å²) in [7, 11) is 0. The molecule has 0 saturated heterocycles. The minimum Gasteiger partial charge on any atom is -0.422 e. The Kier molecular flexibility index (Phi) is 4.02. The Morgan fingerprint density at radius 3 is 1.35 bits per heavy atom. The first kappa shape index (κ1) is 16.3. The second kappa shape index (κ2) is 6.40. The number of hydrogen-bond donors (Lipinski definition) is 0. The molecule has 4 heteroatoms. The molecule has 0 N–H and O–H groups in total. The lowest BCUT2D eigenvalue weighted by Gasteiger charge is -2.10. The molecule has 4 nitrogen and oxygen atoms in total. The van der Waals surface area contributed by atoms with Crippen LogP contribution in [0.15, 0.2) is 24.3 Å². The van der Waals surface area contributed by atoms with Crippen LogP contribution in [-0.2, 0) is 9.59 Å². The minimum absolute atomic E-state index is 0.0487. The normalized spacial score (nSPS) is 37.1. The molecule has 0 amide bonds. The van der Waals surface area contributed by atoms with E-state index in [1.165, 1.54) is 25.7 Å². The molecule has 0 unspecified atom stereocenters. The van der Waals surface area contributed by atoms with E-state index >= 15 is 0 Å². The first-order chi connectivity index (χ1) is 12.7. The summed E-state index contributed by atoms with van der Waals surface area (Å²) in [4.78, 5) is 25.1. The van der Waals surface area contributed by atoms with Crippen LogP contribution in [0, 0.1) is 35.5 Å². The van der Waals surface area contributed by atoms with Gasteiger partial charge in [-0.15, -0.1) is 0 Å². The summed E-state index contributed by atoms with van der Waals surface area (Å²) in [6.07, 6.45) is 9.48. The van der Waals surface area contributed by atoms with Gasteiger partial charge in [-0.05, 0) is 61.5 Å². The van der Waals surface area contributed by atoms with Crippen molar-refractivity contribution >= 4 is 11.9 Å². The van der Waals surface area contributed by atoms with Crippen LogP contribution in [0.1, 0.15) is 51.4 Å². The third kappa shape index (κ3) is 2.83. The van der Waals surface area contributed by atoms with Crippen LogP contribution in [0.3, 0.4) is 0 Å². The molecule has 4 atom stereocenters. The average molecular weight is 354 g/mol. The van der Waals surface area contributed by atoms with Gasteiger partial charge in [0, 0.05) is 0 Å². The predicted molar refractivity (Wildman–Crippen MR) is 95.6 cm³/mol. The number of esters is 2. The van der Waals surface area contributed by atoms with Gasteiger partial charge in [0.25, 0.3) is 0 Å². The smallest absolute Gasteiger partial charge is 0.315 e. The summed E-state index contributed by atoms with van der Waals surface area (Å²) in [5, 5.41) is 0. The Morgan fingerprint density at radius 1 is 0.654 bits per heavy atom. The van der Waals surface area contributed by atoms with Crippen molar-refractivity contribution in [3.05, 3.63) is 24.3 Å². The van der Waals surface area contributed by atoms with E-state index < -0.39 is 0 Å². The molecule has 0 radical (unpaired) electrons. The molecule has 0 heterocycles. The molecule has 1 aromatic carbocycles. The molecule has 0 bridgehead atoms. The van der Waals surface area contributed by atoms with E-state index in [1.54, 1.807) is 12.1 Å². The summed E-state index contributed by atoms with van der Waals surface area (Å²) in [5.41, 5.74) is 0. The molecule has 138 valence electrons. The Balaban J connectivity index is 1.24. The Hall–Kier alpha value is -1.84. The van der Waals surface area contributed by atoms with Crippen molar-refractivity contribution in [3.63, 3.8) is 0 Å². The molecule has 4 aliphatic rings. The summed E-state index contributed by atoms with van der Waals surface area (Å²) >= 11 is 0. The third-order valence-electron chi connectivity index (χ3n) is 7.13. The standard InChI is InChI=1S/C22H26O4/c23-21(19-13-7-1-2-8-14(13)19)25-17-11-5-6-12-18(17)26-22(24)20-15-9-3-4-10-16(15)20/h5-6,11-16,19-20H,1-4,7-10H2/t13-,14-,15-,16-/m0/s1. The molecule has 4 fully saturated rings. The molecule has 5 rings (SSSR count). The fourth-order valence-corrected chi connectivity index (χ4v) is 5.66. The molecule has 1 aromatic rings. The summed E-state index contributed by atoms with van der Waals surface area (Å²) in [6.45, 7) is 0. The van der Waals surface area contributed by atoms with E-state index in [2.05, 4.69) is 0 Å². The Bertz CT molecular complexity index is 642. The SMILES string of the molecule is O=C(Oc1ccccc1OC(=O)C1[C@H]2CCCC[C@H]12)C1[C@H]2CCCC[C@H]12. The zero-order valence-corrected chi connectivity index (χ0v) is 15.1. The van der Waals surface area contributed by atoms with E-state index in [0.717, 1.165) is 25.7 Å². The highest BCUT2D eigenvalue weighted by molar-refractivity contribution is 5.82. The van der Waals surface area contributed by atoms with Crippen LogP contribution in [0.5, 0.6) is 11.5 Å². The minimum atomic E-state index is -0.148. The van der Waals surface area contributed by atoms with Gasteiger partial charge >= 0.3 is 11.9 Å². The van der Waals surface area contributed by atoms with E-state index in [4.69, 9.17) is 9.47 Å². The highest BCUT2D eigenvalue weighted by Gasteiger charge is 2.57. The van der Waals surface area contributed by atoms with E-state index in [0.29, 0.717) is 35.2 Å². The molecular weight excluding hydrogens is 328 g/mol. The van der Waals surface area contributed by atoms with Crippen molar-refractivity contribution in [2.75, 3.05) is 0 Å². The first-order valence-electron chi connectivity index (χ1n) is 10.3. The zero-order chi connectivity index (χ0) is 17.7. The van der Waals surface area contributed by atoms with Crippen molar-refractivity contribution in [2.45, 2.75) is 51.4 Å². The van der Waals surface area contributed by atoms with Gasteiger partial charge in [0.15, 0.2) is 11.5 Å². The quantitative estimate of drug-likeness (QED) is 0.595. The third-order valence-corrected chi connectivity index (χ3v) is 7.13. The van der Waals surface area contributed by atoms with Gasteiger partial charge in [-0.3, -0.25) is 9.59 Å². The molecule has 0 aromatic heterocycles. The van der Waals surface area contributed by atoms with E-state index in [1.807, 2.05) is 12.1 Å². The zero-order valence-electron chi connectivity index (χ0n) is 15.1. The van der Waals surface area contributed by atoms with Crippen LogP contribution in [0.25, 0.3) is 0 Å². The number of ether oxygens (including phenoxy) is 2. The van der Waals surface area contributed by atoms with E-state index in [-0.39, 0.29) is 23.8 Å². The lowest BCUT2D eigenvalue weighted by Crippen LogP contribution is -2.16. The number of carbonyl (C=O) groups excluding carboxylic acids is 2. The van der Waals surface area contributed by atoms with Crippen LogP contribution in [0.2, 0.25) is 0 Å². The van der Waals surface area contributed by atoms with Gasteiger partial charge in [-0.2, -0.15) is 0 Å². The maximum absolute atomic E-state index is 12.6. The molecule has 0 spiro atoms. The fourth-order valence-electron chi connectivity index (χ4n) is 5.66. The lowest BCUT2D eigenvalue weighted by atomic mass is 10.0. The lowest BCUT2D eigenvalue weighted by molar-refractivity contribution is -0.139. The second-order valence-corrected chi connectivity index (χ2v) is 8.56. The highest BCUT2D eigenvalue weighted by Crippen LogP contribution is 2.57. The van der Waals surface area contributed by atoms with Gasteiger partial charge in [0.05, 0.1) is 11.8 Å². The van der Waals surface area contributed by atoms with Crippen LogP contribution in [-0.4, -0.2) is 11.9 Å². The van der Waals surface area contributed by atoms with Crippen LogP contribution < -0.4 is 9.47 Å². The van der Waals surface area contributed by atoms with Crippen molar-refractivity contribution in [2.24, 2.45) is 35.5 Å². The van der Waals surface area contributed by atoms with Crippen molar-refractivity contribution in [3.8, 4) is 11.5 Å². The first-order valence-corrected chi connectivity index (χ1v) is 10.3. The molecular formula is C22H26O4. The molecule has 4 aliphatic carbocycles. The van der Waals surface area contributed by atoms with Crippen LogP contribution >= 0.6 is 0 Å². The number of hydrogen-bond acceptors (Lipinski definition) is 4. The van der Waals surface area contributed by atoms with E-state index in [9.17, 15) is 9.59 Å². The number of para-hydroxylation sites is 2. The van der Waals surface area contributed by atoms with Crippen molar-refractivity contribution in [1.29, 1.82) is 0 Å². The van der Waals surface area contributed by atoms with Gasteiger partial charge < -0.3 is 9.47 Å². The molecule has 0 aliphatic heterocycles. The van der Waals surface area contributed by atoms with Gasteiger partial charge in [0.2, 0.25) is 0 Å². The molecule has 26 heavy (non-hydrogen) atoms. The summed E-state index contributed by atoms with van der Waals surface area (Å²) < 4.78 is 11.3. The Labute approximate surface area is 154 Å². The number of carbonyl (C=O) groups is 2. The fraction of sp³-hybridized carbons (Fsp3) is 0.636. The maximum Gasteiger partial charge on any atom is 0.315 e. The van der Waals surface area contributed by atoms with Gasteiger partial charge in [-0.1, -0.05) is 37.8 Å². The summed E-state index contributed by atoms with van der Waals surface area (Å²) in [6, 6.07) is 7.09. The monoisotopic (exact) mass is 354 g/mol. The largest absolute Gasteiger partial charge is 0.422 e. The number of fused-ring (bicyclic) bond motifs is 2. The van der Waals surface area contributed by atoms with Gasteiger partial charge in [0.1, 0.15) is 0 Å². The molecule has 4 saturated carbocycles. The Morgan fingerprint density at radius 2 is 1.00 bits per heavy atom.